The Morgan fingerprint density at radius 2 is 1.86 bits per heavy atom. The SMILES string of the molecule is Nc1cccc2c1S(=O)(=O)C(COc1ccccc1F)=C2. The minimum absolute atomic E-state index is 0.0116. The van der Waals surface area contributed by atoms with E-state index in [0.717, 1.165) is 0 Å². The second-order valence-electron chi connectivity index (χ2n) is 4.60. The van der Waals surface area contributed by atoms with E-state index in [0.29, 0.717) is 5.56 Å². The Labute approximate surface area is 121 Å². The quantitative estimate of drug-likeness (QED) is 0.885. The molecule has 4 nitrogen and oxygen atoms in total. The molecule has 3 rings (SSSR count). The third kappa shape index (κ3) is 2.27. The van der Waals surface area contributed by atoms with Crippen LogP contribution in [0, 0.1) is 5.82 Å². The van der Waals surface area contributed by atoms with Gasteiger partial charge < -0.3 is 10.5 Å². The molecule has 21 heavy (non-hydrogen) atoms. The number of benzene rings is 2. The molecule has 0 fully saturated rings. The molecule has 0 saturated carbocycles. The van der Waals surface area contributed by atoms with Crippen molar-refractivity contribution in [3.63, 3.8) is 0 Å². The van der Waals surface area contributed by atoms with Crippen LogP contribution in [0.5, 0.6) is 5.75 Å². The maximum absolute atomic E-state index is 13.5. The highest BCUT2D eigenvalue weighted by atomic mass is 32.2. The Bertz CT molecular complexity index is 844. The molecule has 0 bridgehead atoms. The Morgan fingerprint density at radius 1 is 1.10 bits per heavy atom. The molecule has 0 aromatic heterocycles. The topological polar surface area (TPSA) is 69.4 Å². The lowest BCUT2D eigenvalue weighted by Crippen LogP contribution is -2.10. The average Bonchev–Trinajstić information content (AvgIpc) is 2.70. The van der Waals surface area contributed by atoms with Crippen molar-refractivity contribution < 1.29 is 17.5 Å². The minimum Gasteiger partial charge on any atom is -0.485 e. The van der Waals surface area contributed by atoms with Crippen LogP contribution in [0.2, 0.25) is 0 Å². The summed E-state index contributed by atoms with van der Waals surface area (Å²) >= 11 is 0. The number of rotatable bonds is 3. The van der Waals surface area contributed by atoms with Crippen LogP contribution in [-0.4, -0.2) is 15.0 Å². The van der Waals surface area contributed by atoms with E-state index in [-0.39, 0.29) is 27.8 Å². The standard InChI is InChI=1S/C15H12FNO3S/c16-12-5-1-2-7-14(12)20-9-11-8-10-4-3-6-13(17)15(10)21(11,18)19/h1-8H,9,17H2. The third-order valence-corrected chi connectivity index (χ3v) is 5.15. The van der Waals surface area contributed by atoms with Gasteiger partial charge in [0.1, 0.15) is 11.5 Å². The number of nitrogen functional groups attached to an aromatic ring is 1. The lowest BCUT2D eigenvalue weighted by atomic mass is 10.2. The van der Waals surface area contributed by atoms with Gasteiger partial charge in [0.25, 0.3) is 0 Å². The molecule has 1 aliphatic rings. The summed E-state index contributed by atoms with van der Waals surface area (Å²) in [4.78, 5) is 0.163. The van der Waals surface area contributed by atoms with Crippen molar-refractivity contribution in [1.29, 1.82) is 0 Å². The molecule has 1 aliphatic heterocycles. The highest BCUT2D eigenvalue weighted by Gasteiger charge is 2.31. The van der Waals surface area contributed by atoms with Crippen molar-refractivity contribution >= 4 is 21.6 Å². The van der Waals surface area contributed by atoms with E-state index in [1.165, 1.54) is 30.3 Å². The normalized spacial score (nSPS) is 15.4. The van der Waals surface area contributed by atoms with E-state index in [2.05, 4.69) is 0 Å². The molecule has 0 aliphatic carbocycles. The average molecular weight is 305 g/mol. The van der Waals surface area contributed by atoms with Crippen LogP contribution in [0.4, 0.5) is 10.1 Å². The first kappa shape index (κ1) is 13.6. The fourth-order valence-electron chi connectivity index (χ4n) is 2.21. The van der Waals surface area contributed by atoms with E-state index in [1.807, 2.05) is 0 Å². The van der Waals surface area contributed by atoms with Crippen molar-refractivity contribution in [3.8, 4) is 5.75 Å². The summed E-state index contributed by atoms with van der Waals surface area (Å²) in [6.45, 7) is -0.239. The Hall–Kier alpha value is -2.34. The first-order valence-electron chi connectivity index (χ1n) is 6.21. The molecule has 2 N–H and O–H groups in total. The summed E-state index contributed by atoms with van der Waals surface area (Å²) < 4.78 is 43.5. The fourth-order valence-corrected chi connectivity index (χ4v) is 3.78. The number of ether oxygens (including phenoxy) is 1. The second kappa shape index (κ2) is 4.89. The van der Waals surface area contributed by atoms with E-state index in [4.69, 9.17) is 10.5 Å². The zero-order valence-corrected chi connectivity index (χ0v) is 11.7. The van der Waals surface area contributed by atoms with Gasteiger partial charge in [0.15, 0.2) is 11.6 Å². The highest BCUT2D eigenvalue weighted by molar-refractivity contribution is 7.96. The maximum atomic E-state index is 13.5. The molecule has 0 radical (unpaired) electrons. The Balaban J connectivity index is 1.89. The number of nitrogens with two attached hydrogens (primary N) is 1. The van der Waals surface area contributed by atoms with Crippen LogP contribution in [0.15, 0.2) is 52.3 Å². The molecule has 0 amide bonds. The van der Waals surface area contributed by atoms with Gasteiger partial charge in [-0.1, -0.05) is 24.3 Å². The van der Waals surface area contributed by atoms with Gasteiger partial charge in [-0.3, -0.25) is 0 Å². The zero-order valence-electron chi connectivity index (χ0n) is 10.9. The number of fused-ring (bicyclic) bond motifs is 1. The molecule has 0 atom stereocenters. The van der Waals surface area contributed by atoms with Crippen LogP contribution in [0.25, 0.3) is 6.08 Å². The van der Waals surface area contributed by atoms with Crippen LogP contribution in [-0.2, 0) is 9.84 Å². The molecule has 0 spiro atoms. The van der Waals surface area contributed by atoms with Crippen LogP contribution < -0.4 is 10.5 Å². The van der Waals surface area contributed by atoms with Gasteiger partial charge in [0.2, 0.25) is 9.84 Å². The van der Waals surface area contributed by atoms with Gasteiger partial charge in [-0.2, -0.15) is 0 Å². The zero-order chi connectivity index (χ0) is 15.0. The predicted molar refractivity (Wildman–Crippen MR) is 77.9 cm³/mol. The predicted octanol–water partition coefficient (Wildman–Crippen LogP) is 2.62. The fraction of sp³-hybridized carbons (Fsp3) is 0.0667. The molecule has 2 aromatic carbocycles. The van der Waals surface area contributed by atoms with E-state index in [1.54, 1.807) is 18.2 Å². The summed E-state index contributed by atoms with van der Waals surface area (Å²) in [7, 11) is -3.67. The molecule has 0 unspecified atom stereocenters. The van der Waals surface area contributed by atoms with Gasteiger partial charge in [-0.25, -0.2) is 12.8 Å². The summed E-state index contributed by atoms with van der Waals surface area (Å²) in [6.07, 6.45) is 1.50. The van der Waals surface area contributed by atoms with Crippen molar-refractivity contribution in [3.05, 3.63) is 58.8 Å². The Morgan fingerprint density at radius 3 is 2.57 bits per heavy atom. The van der Waals surface area contributed by atoms with Crippen molar-refractivity contribution in [2.45, 2.75) is 4.90 Å². The first-order chi connectivity index (χ1) is 10.00. The lowest BCUT2D eigenvalue weighted by Gasteiger charge is -2.08. The third-order valence-electron chi connectivity index (χ3n) is 3.21. The van der Waals surface area contributed by atoms with Crippen molar-refractivity contribution in [2.75, 3.05) is 12.3 Å². The van der Waals surface area contributed by atoms with Gasteiger partial charge in [-0.15, -0.1) is 0 Å². The number of hydrogen-bond donors (Lipinski definition) is 1. The van der Waals surface area contributed by atoms with E-state index >= 15 is 0 Å². The van der Waals surface area contributed by atoms with Gasteiger partial charge >= 0.3 is 0 Å². The van der Waals surface area contributed by atoms with E-state index < -0.39 is 15.7 Å². The molecule has 2 aromatic rings. The summed E-state index contributed by atoms with van der Waals surface area (Å²) in [6, 6.07) is 10.7. The van der Waals surface area contributed by atoms with Crippen LogP contribution in [0.3, 0.4) is 0 Å². The van der Waals surface area contributed by atoms with Gasteiger partial charge in [0, 0.05) is 0 Å². The highest BCUT2D eigenvalue weighted by Crippen LogP contribution is 2.36. The molecular formula is C15H12FNO3S. The number of sulfone groups is 1. The number of para-hydroxylation sites is 1. The van der Waals surface area contributed by atoms with Gasteiger partial charge in [0.05, 0.1) is 10.6 Å². The number of hydrogen-bond acceptors (Lipinski definition) is 4. The molecule has 0 saturated heterocycles. The monoisotopic (exact) mass is 305 g/mol. The smallest absolute Gasteiger partial charge is 0.208 e. The van der Waals surface area contributed by atoms with Crippen molar-refractivity contribution in [2.24, 2.45) is 0 Å². The maximum Gasteiger partial charge on any atom is 0.208 e. The number of anilines is 1. The summed E-state index contributed by atoms with van der Waals surface area (Å²) in [5, 5.41) is 0. The molecular weight excluding hydrogens is 293 g/mol. The largest absolute Gasteiger partial charge is 0.485 e. The minimum atomic E-state index is -3.67. The lowest BCUT2D eigenvalue weighted by molar-refractivity contribution is 0.338. The second-order valence-corrected chi connectivity index (χ2v) is 6.54. The molecule has 108 valence electrons. The summed E-state index contributed by atoms with van der Waals surface area (Å²) in [5.74, 6) is -0.525. The summed E-state index contributed by atoms with van der Waals surface area (Å²) in [5.41, 5.74) is 6.46. The number of halogens is 1. The molecule has 6 heteroatoms. The first-order valence-corrected chi connectivity index (χ1v) is 7.70. The van der Waals surface area contributed by atoms with Crippen LogP contribution in [0.1, 0.15) is 5.56 Å². The Kier molecular flexibility index (Phi) is 3.17. The van der Waals surface area contributed by atoms with Crippen LogP contribution >= 0.6 is 0 Å². The van der Waals surface area contributed by atoms with Crippen molar-refractivity contribution in [1.82, 2.24) is 0 Å². The van der Waals surface area contributed by atoms with E-state index in [9.17, 15) is 12.8 Å². The molecule has 1 heterocycles. The van der Waals surface area contributed by atoms with Gasteiger partial charge in [-0.05, 0) is 29.8 Å².